The number of rotatable bonds is 1. The van der Waals surface area contributed by atoms with Crippen LogP contribution in [0, 0.1) is 0 Å². The molecule has 0 radical (unpaired) electrons. The molecule has 0 rings (SSSR count). The summed E-state index contributed by atoms with van der Waals surface area (Å²) in [6.45, 7) is -0.278. The number of hydrogen-bond donors (Lipinski definition) is 4. The molecule has 0 aromatic heterocycles. The first kappa shape index (κ1) is 29.4. The number of carboxylic acids is 1. The van der Waals surface area contributed by atoms with Crippen molar-refractivity contribution < 1.29 is 99.0 Å². The Morgan fingerprint density at radius 1 is 1.00 bits per heavy atom. The number of carboxylic acid groups (broad SMARTS) is 5. The molecular weight excluding hydrogens is 236 g/mol. The first-order chi connectivity index (χ1) is 5.73. The van der Waals surface area contributed by atoms with Crippen LogP contribution >= 0.6 is 0 Å². The van der Waals surface area contributed by atoms with Crippen molar-refractivity contribution in [1.82, 2.24) is 0 Å². The third-order valence-corrected chi connectivity index (χ3v) is 0.175. The van der Waals surface area contributed by atoms with E-state index < -0.39 is 18.3 Å². The van der Waals surface area contributed by atoms with Crippen LogP contribution in [-0.4, -0.2) is 40.1 Å². The van der Waals surface area contributed by atoms with Gasteiger partial charge in [-0.05, 0) is 6.16 Å². The minimum Gasteiger partial charge on any atom is -0.652 e. The van der Waals surface area contributed by atoms with Crippen LogP contribution in [0.5, 0.6) is 0 Å². The largest absolute Gasteiger partial charge is 1.00 e. The Kier molecular flexibility index (Phi) is 46.3. The molecule has 15 heavy (non-hydrogen) atoms. The van der Waals surface area contributed by atoms with Crippen molar-refractivity contribution in [3.05, 3.63) is 0 Å². The van der Waals surface area contributed by atoms with Crippen LogP contribution in [0.2, 0.25) is 0 Å². The average molecular weight is 243 g/mol. The summed E-state index contributed by atoms with van der Waals surface area (Å²) in [6.07, 6.45) is -4.17. The van der Waals surface area contributed by atoms with E-state index in [1.807, 2.05) is 0 Å². The van der Waals surface area contributed by atoms with Gasteiger partial charge in [0.15, 0.2) is 0 Å². The van der Waals surface area contributed by atoms with Gasteiger partial charge in [-0.3, -0.25) is 4.79 Å². The molecule has 0 aromatic carbocycles. The smallest absolute Gasteiger partial charge is 0.652 e. The van der Waals surface area contributed by atoms with Crippen molar-refractivity contribution in [1.29, 1.82) is 0 Å². The van der Waals surface area contributed by atoms with Crippen LogP contribution in [0.25, 0.3) is 0 Å². The fourth-order valence-electron chi connectivity index (χ4n) is 0. The Balaban J connectivity index is -0.0000000315. The molecule has 0 heterocycles. The zero-order chi connectivity index (χ0) is 11.4. The van der Waals surface area contributed by atoms with Gasteiger partial charge in [-0.1, -0.05) is 0 Å². The van der Waals surface area contributed by atoms with E-state index in [0.29, 0.717) is 0 Å². The molecular formula is C4H7NNa2O8. The maximum atomic E-state index is 9.24. The van der Waals surface area contributed by atoms with Gasteiger partial charge in [0.25, 0.3) is 0 Å². The van der Waals surface area contributed by atoms with Crippen molar-refractivity contribution in [3.8, 4) is 0 Å². The second-order valence-corrected chi connectivity index (χ2v) is 1.13. The SMILES string of the molecule is NCC(=O)O.O=C(O)O.O=C([O-])[O-].[Na+].[Na+]. The van der Waals surface area contributed by atoms with Crippen molar-refractivity contribution in [2.75, 3.05) is 6.54 Å². The van der Waals surface area contributed by atoms with Crippen LogP contribution in [-0.2, 0) is 4.79 Å². The summed E-state index contributed by atoms with van der Waals surface area (Å²) in [5, 5.41) is 38.2. The van der Waals surface area contributed by atoms with E-state index >= 15 is 0 Å². The molecule has 11 heteroatoms. The normalized spacial score (nSPS) is 5.67. The monoisotopic (exact) mass is 243 g/mol. The molecule has 0 aliphatic carbocycles. The first-order valence-corrected chi connectivity index (χ1v) is 2.45. The van der Waals surface area contributed by atoms with E-state index in [0.717, 1.165) is 0 Å². The van der Waals surface area contributed by atoms with E-state index in [9.17, 15) is 4.79 Å². The minimum absolute atomic E-state index is 0. The molecule has 0 amide bonds. The van der Waals surface area contributed by atoms with Gasteiger partial charge >= 0.3 is 71.2 Å². The molecule has 0 aromatic rings. The molecule has 0 aliphatic rings. The summed E-state index contributed by atoms with van der Waals surface area (Å²) in [6, 6.07) is 0. The van der Waals surface area contributed by atoms with Crippen molar-refractivity contribution in [3.63, 3.8) is 0 Å². The molecule has 0 atom stereocenters. The Hall–Kier alpha value is -0.0300. The maximum Gasteiger partial charge on any atom is 1.00 e. The van der Waals surface area contributed by atoms with E-state index in [2.05, 4.69) is 5.73 Å². The van der Waals surface area contributed by atoms with Gasteiger partial charge in [0.2, 0.25) is 0 Å². The molecule has 0 spiro atoms. The topological polar surface area (TPSA) is 184 Å². The molecule has 0 saturated heterocycles. The third kappa shape index (κ3) is 516. The van der Waals surface area contributed by atoms with Crippen molar-refractivity contribution in [2.24, 2.45) is 5.73 Å². The third-order valence-electron chi connectivity index (χ3n) is 0.175. The van der Waals surface area contributed by atoms with Crippen molar-refractivity contribution >= 4 is 18.3 Å². The molecule has 0 unspecified atom stereocenters. The van der Waals surface area contributed by atoms with Gasteiger partial charge in [-0.15, -0.1) is 0 Å². The van der Waals surface area contributed by atoms with Gasteiger partial charge in [0, 0.05) is 0 Å². The average Bonchev–Trinajstić information content (AvgIpc) is 1.84. The fraction of sp³-hybridized carbons (Fsp3) is 0.250. The molecule has 0 bridgehead atoms. The zero-order valence-corrected chi connectivity index (χ0v) is 12.2. The molecule has 9 nitrogen and oxygen atoms in total. The zero-order valence-electron chi connectivity index (χ0n) is 8.17. The second-order valence-electron chi connectivity index (χ2n) is 1.13. The Bertz CT molecular complexity index is 154. The van der Waals surface area contributed by atoms with E-state index in [1.165, 1.54) is 0 Å². The standard InChI is InChI=1S/C2H5NO2.2CH2O3.2Na/c3-1-2(4)5;2*2-1(3)4;;/h1,3H2,(H,4,5);2*(H2,2,3,4);;/q;;;2*+1/p-2. The Morgan fingerprint density at radius 3 is 1.07 bits per heavy atom. The summed E-state index contributed by atoms with van der Waals surface area (Å²) in [5.74, 6) is -0.968. The number of aliphatic carboxylic acids is 1. The summed E-state index contributed by atoms with van der Waals surface area (Å²) in [7, 11) is 0. The number of nitrogens with two attached hydrogens (primary N) is 1. The van der Waals surface area contributed by atoms with Gasteiger partial charge in [0.1, 0.15) is 0 Å². The molecule has 0 fully saturated rings. The summed E-state index contributed by atoms with van der Waals surface area (Å²) < 4.78 is 0. The van der Waals surface area contributed by atoms with Gasteiger partial charge in [-0.25, -0.2) is 4.79 Å². The molecule has 78 valence electrons. The van der Waals surface area contributed by atoms with Crippen LogP contribution in [0.15, 0.2) is 0 Å². The van der Waals surface area contributed by atoms with Crippen molar-refractivity contribution in [2.45, 2.75) is 0 Å². The van der Waals surface area contributed by atoms with E-state index in [4.69, 9.17) is 35.1 Å². The first-order valence-electron chi connectivity index (χ1n) is 2.45. The Labute approximate surface area is 128 Å². The number of hydrogen-bond acceptors (Lipinski definition) is 6. The van der Waals surface area contributed by atoms with Crippen LogP contribution in [0.1, 0.15) is 0 Å². The molecule has 5 N–H and O–H groups in total. The fourth-order valence-corrected chi connectivity index (χ4v) is 0. The predicted octanol–water partition coefficient (Wildman–Crippen LogP) is -9.19. The second kappa shape index (κ2) is 23.6. The van der Waals surface area contributed by atoms with Gasteiger partial charge < -0.3 is 36.1 Å². The van der Waals surface area contributed by atoms with Crippen LogP contribution < -0.4 is 75.1 Å². The van der Waals surface area contributed by atoms with Crippen LogP contribution in [0.3, 0.4) is 0 Å². The molecule has 0 aliphatic heterocycles. The Morgan fingerprint density at radius 2 is 1.07 bits per heavy atom. The summed E-state index contributed by atoms with van der Waals surface area (Å²) >= 11 is 0. The summed E-state index contributed by atoms with van der Waals surface area (Å²) in [5.41, 5.74) is 4.57. The van der Waals surface area contributed by atoms with Crippen LogP contribution in [0.4, 0.5) is 9.59 Å². The minimum atomic E-state index is -2.33. The summed E-state index contributed by atoms with van der Waals surface area (Å²) in [4.78, 5) is 26.1. The van der Waals surface area contributed by atoms with Gasteiger partial charge in [-0.2, -0.15) is 0 Å². The predicted molar refractivity (Wildman–Crippen MR) is 32.7 cm³/mol. The maximum absolute atomic E-state index is 9.24. The van der Waals surface area contributed by atoms with Gasteiger partial charge in [0.05, 0.1) is 6.54 Å². The van der Waals surface area contributed by atoms with E-state index in [-0.39, 0.29) is 65.7 Å². The number of carbonyl (C=O) groups is 3. The number of carbonyl (C=O) groups excluding carboxylic acids is 1. The molecule has 0 saturated carbocycles. The quantitative estimate of drug-likeness (QED) is 0.324. The van der Waals surface area contributed by atoms with E-state index in [1.54, 1.807) is 0 Å².